The van der Waals surface area contributed by atoms with Crippen molar-refractivity contribution < 1.29 is 17.9 Å². The molecule has 0 aromatic carbocycles. The molecule has 0 atom stereocenters. The average molecular weight is 309 g/mol. The van der Waals surface area contributed by atoms with Gasteiger partial charge in [0.2, 0.25) is 10.0 Å². The largest absolute Gasteiger partial charge is 0.512 e. The third-order valence-corrected chi connectivity index (χ3v) is 4.25. The molecule has 0 bridgehead atoms. The summed E-state index contributed by atoms with van der Waals surface area (Å²) in [5.74, 6) is 0.617. The number of fused-ring (bicyclic) bond motifs is 3. The molecular weight excluding hydrogens is 294 g/mol. The van der Waals surface area contributed by atoms with Crippen molar-refractivity contribution in [2.24, 2.45) is 0 Å². The third kappa shape index (κ3) is 2.73. The predicted octanol–water partition coefficient (Wildman–Crippen LogP) is 1.32. The zero-order valence-corrected chi connectivity index (χ0v) is 12.3. The second-order valence-electron chi connectivity index (χ2n) is 5.30. The van der Waals surface area contributed by atoms with Gasteiger partial charge in [-0.15, -0.1) is 0 Å². The molecule has 21 heavy (non-hydrogen) atoms. The lowest BCUT2D eigenvalue weighted by molar-refractivity contribution is 0.382. The van der Waals surface area contributed by atoms with E-state index in [4.69, 9.17) is 4.42 Å². The van der Waals surface area contributed by atoms with Crippen LogP contribution in [0.2, 0.25) is 0 Å². The standard InChI is InChI=1S/C14H15NO5S/c1-21(18,19)15-8-2-4-10-11-5-3-9(16)7-13(11)20-14(17)12(10)6-8/h6-7,15-16H,2-5H2,1H3. The van der Waals surface area contributed by atoms with Gasteiger partial charge in [-0.05, 0) is 36.5 Å². The van der Waals surface area contributed by atoms with E-state index < -0.39 is 15.6 Å². The first-order chi connectivity index (χ1) is 9.83. The van der Waals surface area contributed by atoms with Gasteiger partial charge in [0.25, 0.3) is 0 Å². The lowest BCUT2D eigenvalue weighted by Gasteiger charge is -2.21. The van der Waals surface area contributed by atoms with Gasteiger partial charge in [0.15, 0.2) is 0 Å². The Morgan fingerprint density at radius 3 is 2.57 bits per heavy atom. The van der Waals surface area contributed by atoms with Gasteiger partial charge in [0.1, 0.15) is 5.76 Å². The van der Waals surface area contributed by atoms with Crippen LogP contribution in [0.4, 0.5) is 0 Å². The van der Waals surface area contributed by atoms with E-state index in [1.165, 1.54) is 6.08 Å². The van der Waals surface area contributed by atoms with Crippen LogP contribution in [0.25, 0.3) is 12.2 Å². The number of rotatable bonds is 2. The van der Waals surface area contributed by atoms with Crippen molar-refractivity contribution in [1.82, 2.24) is 4.72 Å². The van der Waals surface area contributed by atoms with E-state index in [9.17, 15) is 18.3 Å². The lowest BCUT2D eigenvalue weighted by Crippen LogP contribution is -2.25. The molecule has 2 N–H and O–H groups in total. The highest BCUT2D eigenvalue weighted by molar-refractivity contribution is 7.88. The number of aliphatic hydroxyl groups excluding tert-OH is 1. The topological polar surface area (TPSA) is 96.6 Å². The average Bonchev–Trinajstić information content (AvgIpc) is 2.37. The van der Waals surface area contributed by atoms with E-state index in [0.29, 0.717) is 42.7 Å². The first-order valence-electron chi connectivity index (χ1n) is 6.60. The molecule has 2 aliphatic carbocycles. The molecule has 0 saturated carbocycles. The number of hydrogen-bond donors (Lipinski definition) is 2. The molecule has 0 fully saturated rings. The first kappa shape index (κ1) is 13.9. The van der Waals surface area contributed by atoms with Crippen LogP contribution < -0.4 is 10.3 Å². The summed E-state index contributed by atoms with van der Waals surface area (Å²) in [6.07, 6.45) is 6.33. The maximum absolute atomic E-state index is 12.1. The summed E-state index contributed by atoms with van der Waals surface area (Å²) in [5.41, 5.74) is 2.20. The maximum Gasteiger partial charge on any atom is 0.343 e. The minimum absolute atomic E-state index is 0.205. The van der Waals surface area contributed by atoms with Gasteiger partial charge >= 0.3 is 5.63 Å². The van der Waals surface area contributed by atoms with Crippen molar-refractivity contribution in [3.8, 4) is 0 Å². The molecule has 0 amide bonds. The highest BCUT2D eigenvalue weighted by atomic mass is 32.2. The van der Waals surface area contributed by atoms with Crippen molar-refractivity contribution in [3.63, 3.8) is 0 Å². The smallest absolute Gasteiger partial charge is 0.343 e. The van der Waals surface area contributed by atoms with Gasteiger partial charge < -0.3 is 9.52 Å². The Bertz CT molecular complexity index is 830. The summed E-state index contributed by atoms with van der Waals surface area (Å²) < 4.78 is 30.2. The van der Waals surface area contributed by atoms with Gasteiger partial charge in [-0.1, -0.05) is 0 Å². The van der Waals surface area contributed by atoms with Gasteiger partial charge in [0.05, 0.1) is 17.6 Å². The summed E-state index contributed by atoms with van der Waals surface area (Å²) in [6.45, 7) is 0. The zero-order chi connectivity index (χ0) is 15.2. The summed E-state index contributed by atoms with van der Waals surface area (Å²) in [5, 5.41) is 9.53. The summed E-state index contributed by atoms with van der Waals surface area (Å²) in [6, 6.07) is 0. The van der Waals surface area contributed by atoms with Gasteiger partial charge in [-0.25, -0.2) is 13.2 Å². The SMILES string of the molecule is CS(=O)(=O)NC1=Cc2c(c3c(oc2=O)C=C(O)CC3)CC1. The second-order valence-corrected chi connectivity index (χ2v) is 7.05. The Balaban J connectivity index is 2.11. The third-order valence-electron chi connectivity index (χ3n) is 3.62. The fourth-order valence-corrected chi connectivity index (χ4v) is 3.41. The molecule has 1 aromatic rings. The lowest BCUT2D eigenvalue weighted by atomic mass is 9.88. The molecule has 0 saturated heterocycles. The summed E-state index contributed by atoms with van der Waals surface area (Å²) >= 11 is 0. The number of aliphatic hydroxyl groups is 1. The molecule has 0 radical (unpaired) electrons. The molecule has 0 spiro atoms. The van der Waals surface area contributed by atoms with Crippen LogP contribution in [0.5, 0.6) is 0 Å². The van der Waals surface area contributed by atoms with Crippen LogP contribution in [0.1, 0.15) is 35.3 Å². The quantitative estimate of drug-likeness (QED) is 0.859. The van der Waals surface area contributed by atoms with Crippen LogP contribution in [-0.4, -0.2) is 19.8 Å². The number of hydrogen-bond acceptors (Lipinski definition) is 5. The first-order valence-corrected chi connectivity index (χ1v) is 8.49. The number of allylic oxidation sites excluding steroid dienone is 2. The van der Waals surface area contributed by atoms with Crippen molar-refractivity contribution in [3.05, 3.63) is 44.3 Å². The molecule has 3 rings (SSSR count). The Morgan fingerprint density at radius 2 is 1.86 bits per heavy atom. The Morgan fingerprint density at radius 1 is 1.14 bits per heavy atom. The van der Waals surface area contributed by atoms with Gasteiger partial charge in [-0.3, -0.25) is 4.72 Å². The summed E-state index contributed by atoms with van der Waals surface area (Å²) in [4.78, 5) is 12.1. The van der Waals surface area contributed by atoms with E-state index in [0.717, 1.165) is 17.4 Å². The van der Waals surface area contributed by atoms with E-state index in [1.54, 1.807) is 6.08 Å². The molecule has 6 nitrogen and oxygen atoms in total. The zero-order valence-electron chi connectivity index (χ0n) is 11.5. The second kappa shape index (κ2) is 4.77. The fourth-order valence-electron chi connectivity index (χ4n) is 2.77. The van der Waals surface area contributed by atoms with Crippen molar-refractivity contribution in [2.45, 2.75) is 25.7 Å². The maximum atomic E-state index is 12.1. The highest BCUT2D eigenvalue weighted by Gasteiger charge is 2.24. The van der Waals surface area contributed by atoms with Crippen LogP contribution in [-0.2, 0) is 22.9 Å². The monoisotopic (exact) mass is 309 g/mol. The molecule has 7 heteroatoms. The Hall–Kier alpha value is -2.02. The van der Waals surface area contributed by atoms with E-state index >= 15 is 0 Å². The molecule has 2 aliphatic rings. The molecule has 0 unspecified atom stereocenters. The van der Waals surface area contributed by atoms with E-state index in [2.05, 4.69) is 4.72 Å². The fraction of sp³-hybridized carbons (Fsp3) is 0.357. The highest BCUT2D eigenvalue weighted by Crippen LogP contribution is 2.30. The minimum atomic E-state index is -3.36. The number of nitrogens with one attached hydrogen (secondary N) is 1. The van der Waals surface area contributed by atoms with Crippen molar-refractivity contribution >= 4 is 22.2 Å². The minimum Gasteiger partial charge on any atom is -0.512 e. The molecule has 1 aromatic heterocycles. The van der Waals surface area contributed by atoms with Crippen molar-refractivity contribution in [1.29, 1.82) is 0 Å². The Kier molecular flexibility index (Phi) is 3.16. The van der Waals surface area contributed by atoms with Crippen LogP contribution in [0.15, 0.2) is 20.7 Å². The number of sulfonamides is 1. The molecular formula is C14H15NO5S. The normalized spacial score (nSPS) is 17.4. The summed E-state index contributed by atoms with van der Waals surface area (Å²) in [7, 11) is -3.36. The van der Waals surface area contributed by atoms with Crippen LogP contribution in [0.3, 0.4) is 0 Å². The Labute approximate surface area is 121 Å². The molecule has 112 valence electrons. The van der Waals surface area contributed by atoms with Crippen LogP contribution >= 0.6 is 0 Å². The van der Waals surface area contributed by atoms with Gasteiger partial charge in [0, 0.05) is 18.2 Å². The van der Waals surface area contributed by atoms with Crippen molar-refractivity contribution in [2.75, 3.05) is 6.26 Å². The van der Waals surface area contributed by atoms with E-state index in [-0.39, 0.29) is 5.76 Å². The van der Waals surface area contributed by atoms with E-state index in [1.807, 2.05) is 0 Å². The van der Waals surface area contributed by atoms with Gasteiger partial charge in [-0.2, -0.15) is 0 Å². The van der Waals surface area contributed by atoms with Crippen LogP contribution in [0, 0.1) is 0 Å². The predicted molar refractivity (Wildman–Crippen MR) is 78.2 cm³/mol. The molecule has 1 heterocycles. The molecule has 0 aliphatic heterocycles.